The number of benzene rings is 2. The lowest BCUT2D eigenvalue weighted by Gasteiger charge is -2.57. The van der Waals surface area contributed by atoms with Gasteiger partial charge in [-0.05, 0) is 49.6 Å². The second kappa shape index (κ2) is 10.4. The van der Waals surface area contributed by atoms with E-state index in [9.17, 15) is 18.6 Å². The third-order valence-electron chi connectivity index (χ3n) is 6.64. The van der Waals surface area contributed by atoms with Crippen molar-refractivity contribution in [2.24, 2.45) is 0 Å². The molecule has 7 heteroatoms. The Hall–Kier alpha value is -2.21. The van der Waals surface area contributed by atoms with Crippen LogP contribution in [0.2, 0.25) is 0 Å². The summed E-state index contributed by atoms with van der Waals surface area (Å²) in [7, 11) is -3.45. The van der Waals surface area contributed by atoms with Crippen molar-refractivity contribution >= 4 is 10.0 Å². The van der Waals surface area contributed by atoms with Crippen molar-refractivity contribution < 1.29 is 18.6 Å². The first-order valence-corrected chi connectivity index (χ1v) is 13.2. The molecule has 2 aliphatic heterocycles. The minimum Gasteiger partial charge on any atom is -0.395 e. The lowest BCUT2D eigenvalue weighted by molar-refractivity contribution is -0.0554. The zero-order valence-corrected chi connectivity index (χ0v) is 19.8. The van der Waals surface area contributed by atoms with Gasteiger partial charge in [0.1, 0.15) is 6.10 Å². The van der Waals surface area contributed by atoms with E-state index in [1.54, 1.807) is 11.2 Å². The molecule has 33 heavy (non-hydrogen) atoms. The first-order valence-electron chi connectivity index (χ1n) is 11.6. The molecule has 2 aliphatic rings. The van der Waals surface area contributed by atoms with Gasteiger partial charge in [0.2, 0.25) is 10.0 Å². The molecule has 2 aromatic carbocycles. The third kappa shape index (κ3) is 5.48. The van der Waals surface area contributed by atoms with E-state index >= 15 is 0 Å². The first kappa shape index (κ1) is 23.9. The fourth-order valence-corrected chi connectivity index (χ4v) is 6.60. The van der Waals surface area contributed by atoms with Gasteiger partial charge in [-0.3, -0.25) is 4.90 Å². The average molecular weight is 469 g/mol. The van der Waals surface area contributed by atoms with Gasteiger partial charge in [-0.25, -0.2) is 12.7 Å². The number of hydrogen-bond acceptors (Lipinski definition) is 5. The van der Waals surface area contributed by atoms with Gasteiger partial charge in [0.15, 0.2) is 0 Å². The van der Waals surface area contributed by atoms with Crippen molar-refractivity contribution in [3.8, 4) is 11.8 Å². The molecule has 0 saturated carbocycles. The van der Waals surface area contributed by atoms with Gasteiger partial charge < -0.3 is 10.2 Å². The summed E-state index contributed by atoms with van der Waals surface area (Å²) in [6.07, 6.45) is 1.05. The molecule has 0 radical (unpaired) electrons. The summed E-state index contributed by atoms with van der Waals surface area (Å²) in [6.45, 7) is 3.50. The molecule has 2 fully saturated rings. The Balaban J connectivity index is 1.55. The van der Waals surface area contributed by atoms with Crippen LogP contribution in [0.3, 0.4) is 0 Å². The number of aliphatic hydroxyl groups excluding tert-OH is 2. The van der Waals surface area contributed by atoms with E-state index in [1.165, 1.54) is 0 Å². The van der Waals surface area contributed by atoms with Gasteiger partial charge in [-0.15, -0.1) is 0 Å². The van der Waals surface area contributed by atoms with E-state index in [2.05, 4.69) is 16.7 Å². The monoisotopic (exact) mass is 468 g/mol. The molecule has 0 spiro atoms. The Bertz CT molecular complexity index is 1090. The Labute approximate surface area is 196 Å². The second-order valence-electron chi connectivity index (χ2n) is 8.96. The highest BCUT2D eigenvalue weighted by molar-refractivity contribution is 7.88. The molecule has 2 aromatic rings. The summed E-state index contributed by atoms with van der Waals surface area (Å²) in [4.78, 5) is 2.27. The Morgan fingerprint density at radius 1 is 1.06 bits per heavy atom. The van der Waals surface area contributed by atoms with E-state index in [-0.39, 0.29) is 30.4 Å². The molecule has 2 saturated heterocycles. The lowest BCUT2D eigenvalue weighted by atomic mass is 9.74. The number of nitrogens with zero attached hydrogens (tertiary/aromatic N) is 2. The van der Waals surface area contributed by atoms with Gasteiger partial charge in [0.25, 0.3) is 0 Å². The average Bonchev–Trinajstić information content (AvgIpc) is 2.77. The number of sulfonamides is 1. The molecule has 4 atom stereocenters. The van der Waals surface area contributed by atoms with Crippen LogP contribution in [-0.2, 0) is 15.8 Å². The molecular formula is C26H32N2O4S. The minimum absolute atomic E-state index is 0.00526. The minimum atomic E-state index is -3.45. The smallest absolute Gasteiger partial charge is 0.218 e. The summed E-state index contributed by atoms with van der Waals surface area (Å²) in [5, 5.41) is 19.5. The summed E-state index contributed by atoms with van der Waals surface area (Å²) in [5.74, 6) is 5.76. The zero-order valence-electron chi connectivity index (χ0n) is 19.0. The number of fused-ring (bicyclic) bond motifs is 1. The van der Waals surface area contributed by atoms with Gasteiger partial charge >= 0.3 is 0 Å². The van der Waals surface area contributed by atoms with Crippen LogP contribution >= 0.6 is 0 Å². The van der Waals surface area contributed by atoms with Crippen molar-refractivity contribution in [3.05, 3.63) is 71.3 Å². The molecule has 0 unspecified atom stereocenters. The van der Waals surface area contributed by atoms with E-state index in [1.807, 2.05) is 54.6 Å². The quantitative estimate of drug-likeness (QED) is 0.658. The van der Waals surface area contributed by atoms with Crippen LogP contribution in [0.25, 0.3) is 0 Å². The highest BCUT2D eigenvalue weighted by Crippen LogP contribution is 2.42. The largest absolute Gasteiger partial charge is 0.395 e. The number of rotatable bonds is 5. The predicted octanol–water partition coefficient (Wildman–Crippen LogP) is 2.17. The van der Waals surface area contributed by atoms with Gasteiger partial charge in [0.05, 0.1) is 12.4 Å². The summed E-state index contributed by atoms with van der Waals surface area (Å²) in [6, 6.07) is 17.2. The molecule has 6 nitrogen and oxygen atoms in total. The third-order valence-corrected chi connectivity index (χ3v) is 8.46. The van der Waals surface area contributed by atoms with Crippen molar-refractivity contribution in [3.63, 3.8) is 0 Å². The van der Waals surface area contributed by atoms with E-state index in [0.29, 0.717) is 13.1 Å². The molecule has 4 rings (SSSR count). The van der Waals surface area contributed by atoms with Crippen molar-refractivity contribution in [2.45, 2.75) is 49.6 Å². The Morgan fingerprint density at radius 3 is 2.42 bits per heavy atom. The van der Waals surface area contributed by atoms with Crippen molar-refractivity contribution in [1.29, 1.82) is 0 Å². The van der Waals surface area contributed by atoms with Crippen LogP contribution in [0, 0.1) is 11.8 Å². The van der Waals surface area contributed by atoms with E-state index in [0.717, 1.165) is 36.1 Å². The van der Waals surface area contributed by atoms with E-state index in [4.69, 9.17) is 0 Å². The highest BCUT2D eigenvalue weighted by atomic mass is 32.2. The van der Waals surface area contributed by atoms with Crippen LogP contribution in [0.4, 0.5) is 0 Å². The topological polar surface area (TPSA) is 81.1 Å². The van der Waals surface area contributed by atoms with Crippen LogP contribution in [0.1, 0.15) is 42.4 Å². The maximum atomic E-state index is 13.3. The Morgan fingerprint density at radius 2 is 1.76 bits per heavy atom. The number of aliphatic hydroxyl groups is 2. The van der Waals surface area contributed by atoms with Gasteiger partial charge in [-0.2, -0.15) is 0 Å². The summed E-state index contributed by atoms with van der Waals surface area (Å²) < 4.78 is 28.2. The zero-order chi connectivity index (χ0) is 23.4. The maximum absolute atomic E-state index is 13.3. The maximum Gasteiger partial charge on any atom is 0.218 e. The van der Waals surface area contributed by atoms with E-state index < -0.39 is 16.1 Å². The molecule has 2 N–H and O–H groups in total. The molecule has 0 bridgehead atoms. The normalized spacial score (nSPS) is 25.0. The number of hydrogen-bond donors (Lipinski definition) is 2. The Kier molecular flexibility index (Phi) is 7.52. The van der Waals surface area contributed by atoms with Crippen molar-refractivity contribution in [2.75, 3.05) is 26.2 Å². The fourth-order valence-electron chi connectivity index (χ4n) is 5.01. The molecule has 0 aromatic heterocycles. The second-order valence-corrected chi connectivity index (χ2v) is 10.9. The van der Waals surface area contributed by atoms with Gasteiger partial charge in [-0.1, -0.05) is 54.3 Å². The first-order chi connectivity index (χ1) is 15.9. The van der Waals surface area contributed by atoms with Gasteiger partial charge in [0, 0.05) is 36.7 Å². The predicted molar refractivity (Wildman–Crippen MR) is 129 cm³/mol. The van der Waals surface area contributed by atoms with Crippen molar-refractivity contribution in [1.82, 2.24) is 9.21 Å². The fraction of sp³-hybridized carbons (Fsp3) is 0.462. The standard InChI is InChI=1S/C26H32N2O4S/c1-20(30)9-10-21-11-13-23(14-12-21)26-24-17-27(15-5-6-16-28(24)25(26)18-29)33(31,32)19-22-7-3-2-4-8-22/h2-4,7-8,11-14,20,24-26,29-30H,5-6,15-19H2,1H3/t20-,24-,25+,26+/m1/s1. The SMILES string of the molecule is C[C@@H](O)C#Cc1ccc([C@H]2[C@H]3CN(S(=O)(=O)Cc4ccccc4)CCCCN3[C@H]2CO)cc1. The summed E-state index contributed by atoms with van der Waals surface area (Å²) >= 11 is 0. The molecular weight excluding hydrogens is 436 g/mol. The van der Waals surface area contributed by atoms with Crippen LogP contribution in [0.15, 0.2) is 54.6 Å². The lowest BCUT2D eigenvalue weighted by Crippen LogP contribution is -2.67. The van der Waals surface area contributed by atoms with Crippen LogP contribution < -0.4 is 0 Å². The van der Waals surface area contributed by atoms with Crippen LogP contribution in [-0.4, -0.2) is 72.3 Å². The molecule has 176 valence electrons. The van der Waals surface area contributed by atoms with Crippen LogP contribution in [0.5, 0.6) is 0 Å². The highest BCUT2D eigenvalue weighted by Gasteiger charge is 2.50. The summed E-state index contributed by atoms with van der Waals surface area (Å²) in [5.41, 5.74) is 2.70. The molecule has 2 heterocycles. The molecule has 0 aliphatic carbocycles. The molecule has 0 amide bonds.